The molecule has 2 aromatic rings. The zero-order chi connectivity index (χ0) is 36.6. The Bertz CT molecular complexity index is 2040. The number of nitrogens with zero attached hydrogens (tertiary/aromatic N) is 1. The Balaban J connectivity index is 1.50. The van der Waals surface area contributed by atoms with Crippen molar-refractivity contribution in [3.8, 4) is 0 Å². The number of methoxy groups -OCH3 is 1. The molecule has 8 bridgehead atoms. The van der Waals surface area contributed by atoms with Gasteiger partial charge in [-0.1, -0.05) is 39.3 Å². The van der Waals surface area contributed by atoms with Gasteiger partial charge in [0.1, 0.15) is 5.92 Å². The summed E-state index contributed by atoms with van der Waals surface area (Å²) < 4.78 is 5.24. The van der Waals surface area contributed by atoms with Crippen molar-refractivity contribution in [3.05, 3.63) is 79.0 Å². The summed E-state index contributed by atoms with van der Waals surface area (Å²) in [7, 11) is 1.31. The highest BCUT2D eigenvalue weighted by atomic mass is 16.5. The van der Waals surface area contributed by atoms with Crippen LogP contribution in [0.15, 0.2) is 39.7 Å². The molecule has 270 valence electrons. The zero-order valence-corrected chi connectivity index (χ0v) is 30.7. The van der Waals surface area contributed by atoms with Gasteiger partial charge in [0.15, 0.2) is 5.78 Å². The quantitative estimate of drug-likeness (QED) is 0.128. The van der Waals surface area contributed by atoms with Crippen molar-refractivity contribution >= 4 is 47.7 Å². The molecular weight excluding hydrogens is 642 g/mol. The number of rotatable bonds is 12. The predicted octanol–water partition coefficient (Wildman–Crippen LogP) is 4.20. The molecule has 0 saturated carbocycles. The molecule has 0 fully saturated rings. The number of nitrogens with one attached hydrogen (secondary N) is 4. The van der Waals surface area contributed by atoms with Gasteiger partial charge in [-0.05, 0) is 86.9 Å². The van der Waals surface area contributed by atoms with E-state index < -0.39 is 11.9 Å². The van der Waals surface area contributed by atoms with Gasteiger partial charge in [0.2, 0.25) is 5.91 Å². The average molecular weight is 694 g/mol. The summed E-state index contributed by atoms with van der Waals surface area (Å²) in [6.07, 6.45) is 13.3. The van der Waals surface area contributed by atoms with E-state index in [0.717, 1.165) is 82.2 Å². The highest BCUT2D eigenvalue weighted by molar-refractivity contribution is 6.26. The molecule has 3 aliphatic heterocycles. The van der Waals surface area contributed by atoms with E-state index in [1.54, 1.807) is 0 Å². The number of unbranched alkanes of at least 4 members (excludes halogenated alkanes) is 3. The van der Waals surface area contributed by atoms with E-state index >= 15 is 0 Å². The maximum Gasteiger partial charge on any atom is 0.321 e. The van der Waals surface area contributed by atoms with Gasteiger partial charge in [-0.3, -0.25) is 19.4 Å². The van der Waals surface area contributed by atoms with Crippen LogP contribution in [0, 0.1) is 31.6 Å². The van der Waals surface area contributed by atoms with Crippen LogP contribution in [0.25, 0.3) is 24.3 Å². The van der Waals surface area contributed by atoms with Crippen LogP contribution in [0.4, 0.5) is 0 Å². The monoisotopic (exact) mass is 693 g/mol. The number of allylic oxidation sites excluding steroid dienone is 2. The molecule has 5 heterocycles. The van der Waals surface area contributed by atoms with E-state index in [1.165, 1.54) is 12.7 Å². The van der Waals surface area contributed by atoms with Gasteiger partial charge in [0.25, 0.3) is 0 Å². The number of fused-ring (bicyclic) bond motifs is 7. The summed E-state index contributed by atoms with van der Waals surface area (Å²) in [5.74, 6) is -2.43. The lowest BCUT2D eigenvalue weighted by Crippen LogP contribution is -2.33. The predicted molar refractivity (Wildman–Crippen MR) is 201 cm³/mol. The number of Topliss-reactive ketones (excluding diaryl/α,β-unsaturated/α-hetero) is 1. The zero-order valence-electron chi connectivity index (χ0n) is 30.7. The molecule has 4 aliphatic rings. The Hall–Kier alpha value is -4.70. The normalized spacial score (nSPS) is 22.0. The second-order valence-corrected chi connectivity index (χ2v) is 14.2. The first-order valence-corrected chi connectivity index (χ1v) is 18.3. The number of carbonyl (C=O) groups is 3. The molecule has 10 nitrogen and oxygen atoms in total. The molecule has 6 rings (SSSR count). The van der Waals surface area contributed by atoms with E-state index in [-0.39, 0.29) is 42.6 Å². The standard InChI is InChI=1S/C41H51N5O5/c1-8-25-21(3)28-18-30-23(5)27(14-15-34(48)42-16-12-10-11-13-17-47)38(45-30)36-37(41(50)51-7)40(49)35-24(6)31(46-39(35)36)20-33-26(9-2)22(4)29(44-33)19-32(25)43-28/h8,18-20,23,27,31,37,43-44,46-47H,1,9-17H2,2-7H3,(H,42,48). The summed E-state index contributed by atoms with van der Waals surface area (Å²) in [5.41, 5.74) is 10.3. The number of esters is 1. The molecule has 4 atom stereocenters. The highest BCUT2D eigenvalue weighted by Gasteiger charge is 2.51. The number of ketones is 1. The largest absolute Gasteiger partial charge is 0.468 e. The molecule has 1 aliphatic carbocycles. The van der Waals surface area contributed by atoms with Crippen LogP contribution >= 0.6 is 0 Å². The van der Waals surface area contributed by atoms with E-state index in [9.17, 15) is 14.4 Å². The summed E-state index contributed by atoms with van der Waals surface area (Å²) in [6.45, 7) is 15.3. The lowest BCUT2D eigenvalue weighted by Gasteiger charge is -2.22. The summed E-state index contributed by atoms with van der Waals surface area (Å²) >= 11 is 0. The van der Waals surface area contributed by atoms with Gasteiger partial charge in [-0.25, -0.2) is 0 Å². The first-order valence-electron chi connectivity index (χ1n) is 18.3. The van der Waals surface area contributed by atoms with Crippen LogP contribution < -0.4 is 21.3 Å². The number of aliphatic hydroxyl groups excluding tert-OH is 1. The highest BCUT2D eigenvalue weighted by Crippen LogP contribution is 2.46. The van der Waals surface area contributed by atoms with Crippen molar-refractivity contribution < 1.29 is 24.2 Å². The summed E-state index contributed by atoms with van der Waals surface area (Å²) in [6, 6.07) is -0.282. The SMILES string of the molecule is C=Cc1c2[nH]c(c1C)C=C1N=C(C3=C4NC(C=c5[nH]c(c(C)c5CC)=C2)C(C)=C4C(=O)C3C(=O)OC)C(CCC(=O)NCCCCCCO)C1C. The van der Waals surface area contributed by atoms with Crippen molar-refractivity contribution in [1.82, 2.24) is 20.6 Å². The van der Waals surface area contributed by atoms with Crippen molar-refractivity contribution in [2.75, 3.05) is 20.3 Å². The number of amides is 1. The fourth-order valence-electron chi connectivity index (χ4n) is 8.25. The maximum absolute atomic E-state index is 14.2. The Morgan fingerprint density at radius 3 is 2.53 bits per heavy atom. The smallest absolute Gasteiger partial charge is 0.321 e. The molecule has 2 aromatic heterocycles. The lowest BCUT2D eigenvalue weighted by molar-refractivity contribution is -0.146. The minimum absolute atomic E-state index is 0.0440. The first-order chi connectivity index (χ1) is 24.5. The maximum atomic E-state index is 14.2. The van der Waals surface area contributed by atoms with Crippen LogP contribution in [0.2, 0.25) is 0 Å². The molecule has 4 unspecified atom stereocenters. The third kappa shape index (κ3) is 6.50. The van der Waals surface area contributed by atoms with Crippen LogP contribution in [0.1, 0.15) is 92.9 Å². The molecule has 0 radical (unpaired) electrons. The van der Waals surface area contributed by atoms with Crippen LogP contribution in [0.3, 0.4) is 0 Å². The van der Waals surface area contributed by atoms with Gasteiger partial charge in [0.05, 0.1) is 24.6 Å². The Labute approximate surface area is 299 Å². The van der Waals surface area contributed by atoms with Gasteiger partial charge in [-0.2, -0.15) is 0 Å². The third-order valence-corrected chi connectivity index (χ3v) is 11.2. The van der Waals surface area contributed by atoms with E-state index in [4.69, 9.17) is 14.8 Å². The van der Waals surface area contributed by atoms with Crippen molar-refractivity contribution in [3.63, 3.8) is 0 Å². The minimum atomic E-state index is -1.14. The molecule has 5 N–H and O–H groups in total. The minimum Gasteiger partial charge on any atom is -0.468 e. The number of ether oxygens (including phenoxy) is 1. The van der Waals surface area contributed by atoms with Gasteiger partial charge in [0, 0.05) is 75.9 Å². The van der Waals surface area contributed by atoms with Crippen LogP contribution in [-0.4, -0.2) is 64.7 Å². The second-order valence-electron chi connectivity index (χ2n) is 14.2. The fourth-order valence-corrected chi connectivity index (χ4v) is 8.25. The number of H-pyrrole nitrogens is 2. The summed E-state index contributed by atoms with van der Waals surface area (Å²) in [4.78, 5) is 53.3. The third-order valence-electron chi connectivity index (χ3n) is 11.2. The van der Waals surface area contributed by atoms with Crippen LogP contribution in [0.5, 0.6) is 0 Å². The van der Waals surface area contributed by atoms with E-state index in [1.807, 2.05) is 13.0 Å². The number of aliphatic hydroxyl groups is 1. The molecule has 0 aromatic carbocycles. The van der Waals surface area contributed by atoms with Gasteiger partial charge < -0.3 is 30.4 Å². The number of aromatic nitrogens is 2. The van der Waals surface area contributed by atoms with E-state index in [2.05, 4.69) is 73.1 Å². The first kappa shape index (κ1) is 36.1. The Morgan fingerprint density at radius 2 is 1.82 bits per heavy atom. The topological polar surface area (TPSA) is 149 Å². The van der Waals surface area contributed by atoms with Gasteiger partial charge in [-0.15, -0.1) is 0 Å². The Morgan fingerprint density at radius 1 is 1.06 bits per heavy atom. The average Bonchev–Trinajstić information content (AvgIpc) is 3.85. The molecule has 10 heteroatoms. The molecule has 0 saturated heterocycles. The number of carbonyl (C=O) groups excluding carboxylic acids is 3. The van der Waals surface area contributed by atoms with E-state index in [0.29, 0.717) is 35.5 Å². The number of aliphatic imine (C=N–C) groups is 1. The van der Waals surface area contributed by atoms with Crippen molar-refractivity contribution in [1.29, 1.82) is 0 Å². The molecule has 0 spiro atoms. The number of hydrogen-bond donors (Lipinski definition) is 5. The fraction of sp³-hybridized carbons (Fsp3) is 0.463. The second kappa shape index (κ2) is 14.9. The van der Waals surface area contributed by atoms with Gasteiger partial charge >= 0.3 is 5.97 Å². The summed E-state index contributed by atoms with van der Waals surface area (Å²) in [5, 5.41) is 17.7. The number of aromatic amines is 2. The molecule has 1 amide bonds. The van der Waals surface area contributed by atoms with Crippen molar-refractivity contribution in [2.45, 2.75) is 85.6 Å². The van der Waals surface area contributed by atoms with Crippen LogP contribution in [-0.2, 0) is 25.5 Å². The molecule has 51 heavy (non-hydrogen) atoms. The lowest BCUT2D eigenvalue weighted by atomic mass is 9.81. The Kier molecular flexibility index (Phi) is 10.5. The molecular formula is C41H51N5O5. The van der Waals surface area contributed by atoms with Crippen molar-refractivity contribution in [2.24, 2.45) is 22.7 Å². The number of hydrogen-bond acceptors (Lipinski definition) is 7.